The summed E-state index contributed by atoms with van der Waals surface area (Å²) < 4.78 is 0. The van der Waals surface area contributed by atoms with Crippen LogP contribution in [0, 0.1) is 0 Å². The van der Waals surface area contributed by atoms with Crippen molar-refractivity contribution in [1.82, 2.24) is 39.5 Å². The summed E-state index contributed by atoms with van der Waals surface area (Å²) in [7, 11) is 7.84. The molecule has 0 spiro atoms. The van der Waals surface area contributed by atoms with E-state index in [-0.39, 0.29) is 36.0 Å². The zero-order valence-electron chi connectivity index (χ0n) is 32.6. The molecule has 10 nitrogen and oxygen atoms in total. The van der Waals surface area contributed by atoms with Crippen molar-refractivity contribution in [3.63, 3.8) is 0 Å². The van der Waals surface area contributed by atoms with Crippen molar-refractivity contribution in [2.24, 2.45) is 0 Å². The highest BCUT2D eigenvalue weighted by molar-refractivity contribution is 5.84. The highest BCUT2D eigenvalue weighted by Gasteiger charge is 2.38. The van der Waals surface area contributed by atoms with Crippen LogP contribution in [-0.2, 0) is 9.59 Å². The number of likely N-dealkylation sites (tertiary alicyclic amines) is 2. The van der Waals surface area contributed by atoms with Crippen LogP contribution in [0.3, 0.4) is 0 Å². The number of nitrogens with one attached hydrogen (secondary N) is 2. The van der Waals surface area contributed by atoms with E-state index in [1.807, 2.05) is 121 Å². The predicted octanol–water partition coefficient (Wildman–Crippen LogP) is 8.07. The van der Waals surface area contributed by atoms with Gasteiger partial charge < -0.3 is 19.8 Å². The fourth-order valence-electron chi connectivity index (χ4n) is 8.53. The summed E-state index contributed by atoms with van der Waals surface area (Å²) in [5, 5.41) is 0. The second-order valence-electron chi connectivity index (χ2n) is 15.5. The second kappa shape index (κ2) is 16.1. The van der Waals surface area contributed by atoms with Gasteiger partial charge in [0.1, 0.15) is 23.7 Å². The van der Waals surface area contributed by atoms with E-state index in [0.717, 1.165) is 95.2 Å². The Kier molecular flexibility index (Phi) is 10.7. The van der Waals surface area contributed by atoms with Gasteiger partial charge in [0.25, 0.3) is 0 Å². The third-order valence-electron chi connectivity index (χ3n) is 11.4. The average Bonchev–Trinajstić information content (AvgIpc) is 4.06. The van der Waals surface area contributed by atoms with Crippen molar-refractivity contribution in [2.75, 3.05) is 41.3 Å². The van der Waals surface area contributed by atoms with Gasteiger partial charge in [-0.2, -0.15) is 0 Å². The lowest BCUT2D eigenvalue weighted by Gasteiger charge is -2.31. The van der Waals surface area contributed by atoms with Crippen molar-refractivity contribution in [3.8, 4) is 33.6 Å². The van der Waals surface area contributed by atoms with Gasteiger partial charge in [-0.15, -0.1) is 0 Å². The number of hydrogen-bond acceptors (Lipinski definition) is 6. The maximum atomic E-state index is 13.9. The van der Waals surface area contributed by atoms with Gasteiger partial charge in [-0.25, -0.2) is 9.97 Å². The molecule has 8 rings (SSSR count). The van der Waals surface area contributed by atoms with E-state index >= 15 is 0 Å². The normalized spacial score (nSPS) is 18.2. The first-order chi connectivity index (χ1) is 27.3. The summed E-state index contributed by atoms with van der Waals surface area (Å²) in [6.07, 6.45) is 7.42. The Morgan fingerprint density at radius 1 is 0.554 bits per heavy atom. The van der Waals surface area contributed by atoms with Gasteiger partial charge in [0.05, 0.1) is 35.9 Å². The molecule has 2 fully saturated rings. The van der Waals surface area contributed by atoms with Gasteiger partial charge in [0.2, 0.25) is 11.8 Å². The molecule has 286 valence electrons. The van der Waals surface area contributed by atoms with E-state index in [2.05, 4.69) is 58.5 Å². The SMILES string of the molecule is CN(C)[C@@H](C(=O)N1CCC[C@H]1c1ncc(-c2ccc(-c3ccc(-c4cnc([C@@H]5CCCN5C(=O)[C@@H](c5ccccc5)N(C)C)[nH]4)cc3)cc2)[nH]1)c1ccccc1. The van der Waals surface area contributed by atoms with E-state index in [0.29, 0.717) is 0 Å². The molecule has 0 saturated carbocycles. The molecule has 0 aliphatic carbocycles. The lowest BCUT2D eigenvalue weighted by Crippen LogP contribution is -2.40. The number of rotatable bonds is 11. The topological polar surface area (TPSA) is 104 Å². The molecule has 4 heterocycles. The van der Waals surface area contributed by atoms with Crippen LogP contribution >= 0.6 is 0 Å². The van der Waals surface area contributed by atoms with Gasteiger partial charge in [0.15, 0.2) is 0 Å². The lowest BCUT2D eigenvalue weighted by molar-refractivity contribution is -0.138. The number of carbonyl (C=O) groups is 2. The molecule has 2 N–H and O–H groups in total. The fourth-order valence-corrected chi connectivity index (χ4v) is 8.53. The van der Waals surface area contributed by atoms with Crippen LogP contribution in [0.2, 0.25) is 0 Å². The number of H-pyrrole nitrogens is 2. The standard InChI is InChI=1S/C46H50N8O2/c1-51(2)41(35-13-7-5-8-14-35)45(55)53-27-11-17-39(53)43-47-29-37(49-43)33-23-19-31(20-24-33)32-21-25-34(26-22-32)38-30-48-44(50-38)40-18-12-28-54(40)46(56)42(52(3)4)36-15-9-6-10-16-36/h5-10,13-16,19-26,29-30,39-42H,11-12,17-18,27-28H2,1-4H3,(H,47,49)(H,48,50)/t39-,40-,41+,42+/m0/s1. The van der Waals surface area contributed by atoms with Crippen molar-refractivity contribution in [2.45, 2.75) is 49.9 Å². The van der Waals surface area contributed by atoms with Crippen LogP contribution in [0.4, 0.5) is 0 Å². The van der Waals surface area contributed by atoms with Crippen molar-refractivity contribution < 1.29 is 9.59 Å². The minimum absolute atomic E-state index is 0.0826. The zero-order chi connectivity index (χ0) is 38.8. The molecule has 2 aliphatic rings. The van der Waals surface area contributed by atoms with E-state index in [1.54, 1.807) is 0 Å². The number of aromatic nitrogens is 4. The van der Waals surface area contributed by atoms with Crippen LogP contribution in [0.5, 0.6) is 0 Å². The van der Waals surface area contributed by atoms with Gasteiger partial charge in [0, 0.05) is 13.1 Å². The molecular formula is C46H50N8O2. The third kappa shape index (κ3) is 7.42. The number of hydrogen-bond donors (Lipinski definition) is 2. The molecule has 0 unspecified atom stereocenters. The summed E-state index contributed by atoms with van der Waals surface area (Å²) in [5.74, 6) is 1.87. The van der Waals surface area contributed by atoms with Crippen LogP contribution in [0.25, 0.3) is 33.6 Å². The monoisotopic (exact) mass is 746 g/mol. The van der Waals surface area contributed by atoms with Gasteiger partial charge in [-0.3, -0.25) is 19.4 Å². The molecule has 2 aromatic heterocycles. The molecule has 2 aliphatic heterocycles. The van der Waals surface area contributed by atoms with Crippen LogP contribution in [-0.4, -0.2) is 92.6 Å². The molecule has 2 amide bonds. The van der Waals surface area contributed by atoms with Gasteiger partial charge >= 0.3 is 0 Å². The third-order valence-corrected chi connectivity index (χ3v) is 11.4. The Labute approximate surface area is 329 Å². The van der Waals surface area contributed by atoms with E-state index < -0.39 is 0 Å². The molecular weight excluding hydrogens is 697 g/mol. The highest BCUT2D eigenvalue weighted by Crippen LogP contribution is 2.37. The number of amides is 2. The summed E-state index contributed by atoms with van der Waals surface area (Å²) >= 11 is 0. The highest BCUT2D eigenvalue weighted by atomic mass is 16.2. The van der Waals surface area contributed by atoms with E-state index in [1.165, 1.54) is 0 Å². The van der Waals surface area contributed by atoms with E-state index in [4.69, 9.17) is 9.97 Å². The smallest absolute Gasteiger partial charge is 0.245 e. The Morgan fingerprint density at radius 2 is 0.911 bits per heavy atom. The second-order valence-corrected chi connectivity index (χ2v) is 15.5. The molecule has 10 heteroatoms. The largest absolute Gasteiger partial charge is 0.340 e. The maximum Gasteiger partial charge on any atom is 0.245 e. The number of aromatic amines is 2. The molecule has 0 radical (unpaired) electrons. The first-order valence-electron chi connectivity index (χ1n) is 19.6. The summed E-state index contributed by atoms with van der Waals surface area (Å²) in [6, 6.07) is 36.1. The molecule has 2 saturated heterocycles. The quantitative estimate of drug-likeness (QED) is 0.139. The Balaban J connectivity index is 0.930. The average molecular weight is 747 g/mol. The van der Waals surface area contributed by atoms with Crippen LogP contribution in [0.1, 0.15) is 72.6 Å². The summed E-state index contributed by atoms with van der Waals surface area (Å²) in [6.45, 7) is 1.44. The lowest BCUT2D eigenvalue weighted by atomic mass is 10.0. The molecule has 56 heavy (non-hydrogen) atoms. The number of imidazole rings is 2. The number of likely N-dealkylation sites (N-methyl/N-ethyl adjacent to an activating group) is 2. The van der Waals surface area contributed by atoms with Crippen LogP contribution < -0.4 is 0 Å². The summed E-state index contributed by atoms with van der Waals surface area (Å²) in [4.78, 5) is 52.5. The first-order valence-corrected chi connectivity index (χ1v) is 19.6. The Morgan fingerprint density at radius 3 is 1.27 bits per heavy atom. The van der Waals surface area contributed by atoms with Gasteiger partial charge in [-0.05, 0) is 87.3 Å². The Hall–Kier alpha value is -5.84. The van der Waals surface area contributed by atoms with Crippen molar-refractivity contribution >= 4 is 11.8 Å². The molecule has 4 aromatic carbocycles. The van der Waals surface area contributed by atoms with E-state index in [9.17, 15) is 9.59 Å². The fraction of sp³-hybridized carbons (Fsp3) is 0.304. The molecule has 0 bridgehead atoms. The minimum atomic E-state index is -0.341. The summed E-state index contributed by atoms with van der Waals surface area (Å²) in [5.41, 5.74) is 8.17. The number of benzene rings is 4. The van der Waals surface area contributed by atoms with Crippen LogP contribution in [0.15, 0.2) is 122 Å². The molecule has 4 atom stereocenters. The number of nitrogens with zero attached hydrogens (tertiary/aromatic N) is 6. The van der Waals surface area contributed by atoms with Crippen molar-refractivity contribution in [3.05, 3.63) is 144 Å². The predicted molar refractivity (Wildman–Crippen MR) is 220 cm³/mol. The maximum absolute atomic E-state index is 13.9. The van der Waals surface area contributed by atoms with Gasteiger partial charge in [-0.1, -0.05) is 109 Å². The zero-order valence-corrected chi connectivity index (χ0v) is 32.6. The van der Waals surface area contributed by atoms with Crippen molar-refractivity contribution in [1.29, 1.82) is 0 Å². The molecule has 6 aromatic rings. The number of carbonyl (C=O) groups excluding carboxylic acids is 2. The first kappa shape index (κ1) is 37.1. The minimum Gasteiger partial charge on any atom is -0.340 e. The Bertz CT molecular complexity index is 2080.